The molecule has 2 N–H and O–H groups in total. The Morgan fingerprint density at radius 3 is 2.52 bits per heavy atom. The van der Waals surface area contributed by atoms with Crippen LogP contribution in [0.1, 0.15) is 31.7 Å². The van der Waals surface area contributed by atoms with Gasteiger partial charge < -0.3 is 15.4 Å². The van der Waals surface area contributed by atoms with E-state index in [1.165, 1.54) is 31.7 Å². The first-order valence-electron chi connectivity index (χ1n) is 10.3. The molecule has 0 aliphatic carbocycles. The smallest absolute Gasteiger partial charge is 0.191 e. The molecule has 6 heteroatoms. The highest BCUT2D eigenvalue weighted by Crippen LogP contribution is 2.21. The second-order valence-corrected chi connectivity index (χ2v) is 7.60. The van der Waals surface area contributed by atoms with Crippen molar-refractivity contribution in [3.05, 3.63) is 29.8 Å². The fourth-order valence-electron chi connectivity index (χ4n) is 3.94. The first-order valence-corrected chi connectivity index (χ1v) is 10.3. The number of nitrogens with one attached hydrogen (secondary N) is 2. The maximum Gasteiger partial charge on any atom is 0.191 e. The number of piperazine rings is 3. The van der Waals surface area contributed by atoms with Crippen molar-refractivity contribution in [1.82, 2.24) is 20.4 Å². The summed E-state index contributed by atoms with van der Waals surface area (Å²) in [5.41, 5.74) is 1.35. The standard InChI is InChI=1S/C21H35N5O/c1-4-22-21(24-15-19-16-25-11-13-26(19)14-12-25)23-10-9-17(2)18-5-7-20(27-3)8-6-18/h5-8,17,19H,4,9-16H2,1-3H3,(H2,22,23,24). The Hall–Kier alpha value is -1.79. The van der Waals surface area contributed by atoms with Crippen molar-refractivity contribution in [3.8, 4) is 5.75 Å². The van der Waals surface area contributed by atoms with Gasteiger partial charge in [-0.2, -0.15) is 0 Å². The molecular formula is C21H35N5O. The van der Waals surface area contributed by atoms with Crippen LogP contribution >= 0.6 is 0 Å². The van der Waals surface area contributed by atoms with Crippen molar-refractivity contribution in [2.75, 3.05) is 59.5 Å². The molecule has 3 heterocycles. The molecule has 3 aliphatic heterocycles. The van der Waals surface area contributed by atoms with Gasteiger partial charge in [0, 0.05) is 51.9 Å². The fraction of sp³-hybridized carbons (Fsp3) is 0.667. The third-order valence-corrected chi connectivity index (χ3v) is 5.75. The van der Waals surface area contributed by atoms with Crippen LogP contribution in [0.3, 0.4) is 0 Å². The number of ether oxygens (including phenoxy) is 1. The van der Waals surface area contributed by atoms with E-state index in [1.807, 2.05) is 12.1 Å². The zero-order chi connectivity index (χ0) is 19.1. The molecule has 1 aromatic carbocycles. The Balaban J connectivity index is 1.45. The summed E-state index contributed by atoms with van der Waals surface area (Å²) in [4.78, 5) is 10.0. The van der Waals surface area contributed by atoms with Gasteiger partial charge in [-0.05, 0) is 37.0 Å². The van der Waals surface area contributed by atoms with Crippen molar-refractivity contribution in [3.63, 3.8) is 0 Å². The van der Waals surface area contributed by atoms with E-state index < -0.39 is 0 Å². The Morgan fingerprint density at radius 1 is 1.19 bits per heavy atom. The van der Waals surface area contributed by atoms with Gasteiger partial charge in [-0.1, -0.05) is 19.1 Å². The van der Waals surface area contributed by atoms with E-state index in [-0.39, 0.29) is 0 Å². The Morgan fingerprint density at radius 2 is 1.93 bits per heavy atom. The number of hydrogen-bond donors (Lipinski definition) is 2. The number of methoxy groups -OCH3 is 1. The van der Waals surface area contributed by atoms with E-state index in [2.05, 4.69) is 46.4 Å². The Labute approximate surface area is 164 Å². The van der Waals surface area contributed by atoms with E-state index in [1.54, 1.807) is 7.11 Å². The Bertz CT molecular complexity index is 595. The third-order valence-electron chi connectivity index (χ3n) is 5.75. The molecule has 0 radical (unpaired) electrons. The first-order chi connectivity index (χ1) is 13.2. The molecule has 2 bridgehead atoms. The highest BCUT2D eigenvalue weighted by Gasteiger charge is 2.31. The molecular weight excluding hydrogens is 338 g/mol. The van der Waals surface area contributed by atoms with Crippen LogP contribution in [0.25, 0.3) is 0 Å². The molecule has 3 saturated heterocycles. The van der Waals surface area contributed by atoms with Gasteiger partial charge in [-0.3, -0.25) is 14.8 Å². The maximum atomic E-state index is 5.24. The number of nitrogens with zero attached hydrogens (tertiary/aromatic N) is 3. The van der Waals surface area contributed by atoms with Gasteiger partial charge in [-0.15, -0.1) is 0 Å². The lowest BCUT2D eigenvalue weighted by atomic mass is 9.98. The largest absolute Gasteiger partial charge is 0.497 e. The molecule has 2 unspecified atom stereocenters. The van der Waals surface area contributed by atoms with E-state index in [9.17, 15) is 0 Å². The molecule has 3 aliphatic rings. The van der Waals surface area contributed by atoms with Crippen molar-refractivity contribution in [2.24, 2.45) is 4.99 Å². The van der Waals surface area contributed by atoms with Crippen LogP contribution < -0.4 is 15.4 Å². The quantitative estimate of drug-likeness (QED) is 0.537. The molecule has 0 saturated carbocycles. The summed E-state index contributed by atoms with van der Waals surface area (Å²) in [6, 6.07) is 8.96. The van der Waals surface area contributed by atoms with Crippen molar-refractivity contribution < 1.29 is 4.74 Å². The zero-order valence-corrected chi connectivity index (χ0v) is 17.1. The van der Waals surface area contributed by atoms with E-state index in [4.69, 9.17) is 9.73 Å². The fourth-order valence-corrected chi connectivity index (χ4v) is 3.94. The molecule has 6 nitrogen and oxygen atoms in total. The van der Waals surface area contributed by atoms with Crippen LogP contribution in [-0.4, -0.2) is 81.3 Å². The number of aliphatic imine (C=N–C) groups is 1. The van der Waals surface area contributed by atoms with Gasteiger partial charge in [0.15, 0.2) is 5.96 Å². The monoisotopic (exact) mass is 373 g/mol. The van der Waals surface area contributed by atoms with Crippen LogP contribution in [-0.2, 0) is 0 Å². The minimum Gasteiger partial charge on any atom is -0.497 e. The minimum absolute atomic E-state index is 0.499. The number of hydrogen-bond acceptors (Lipinski definition) is 4. The predicted octanol–water partition coefficient (Wildman–Crippen LogP) is 1.74. The van der Waals surface area contributed by atoms with Gasteiger partial charge in [-0.25, -0.2) is 0 Å². The van der Waals surface area contributed by atoms with E-state index in [0.717, 1.165) is 44.3 Å². The SMILES string of the molecule is CCNC(=NCC1CN2CCN1CC2)NCCC(C)c1ccc(OC)cc1. The summed E-state index contributed by atoms with van der Waals surface area (Å²) < 4.78 is 5.24. The zero-order valence-electron chi connectivity index (χ0n) is 17.1. The second-order valence-electron chi connectivity index (χ2n) is 7.60. The highest BCUT2D eigenvalue weighted by molar-refractivity contribution is 5.79. The molecule has 0 amide bonds. The van der Waals surface area contributed by atoms with Crippen LogP contribution in [0.15, 0.2) is 29.3 Å². The molecule has 2 atom stereocenters. The van der Waals surface area contributed by atoms with Crippen LogP contribution in [0.4, 0.5) is 0 Å². The summed E-state index contributed by atoms with van der Waals surface area (Å²) in [6.07, 6.45) is 1.07. The summed E-state index contributed by atoms with van der Waals surface area (Å²) in [5, 5.41) is 6.89. The molecule has 150 valence electrons. The summed E-state index contributed by atoms with van der Waals surface area (Å²) in [5.74, 6) is 2.35. The molecule has 1 aromatic rings. The molecule has 0 spiro atoms. The molecule has 4 rings (SSSR count). The molecule has 27 heavy (non-hydrogen) atoms. The number of fused-ring (bicyclic) bond motifs is 3. The van der Waals surface area contributed by atoms with Gasteiger partial charge in [0.2, 0.25) is 0 Å². The van der Waals surface area contributed by atoms with Crippen molar-refractivity contribution in [2.45, 2.75) is 32.2 Å². The lowest BCUT2D eigenvalue weighted by molar-refractivity contribution is 0.0174. The second kappa shape index (κ2) is 9.95. The van der Waals surface area contributed by atoms with Gasteiger partial charge in [0.25, 0.3) is 0 Å². The highest BCUT2D eigenvalue weighted by atomic mass is 16.5. The van der Waals surface area contributed by atoms with Crippen LogP contribution in [0.2, 0.25) is 0 Å². The average Bonchev–Trinajstić information content (AvgIpc) is 2.73. The Kier molecular flexibility index (Phi) is 7.35. The van der Waals surface area contributed by atoms with E-state index >= 15 is 0 Å². The number of guanidine groups is 1. The van der Waals surface area contributed by atoms with Gasteiger partial charge in [0.05, 0.1) is 13.7 Å². The predicted molar refractivity (Wildman–Crippen MR) is 112 cm³/mol. The number of benzene rings is 1. The average molecular weight is 374 g/mol. The van der Waals surface area contributed by atoms with Gasteiger partial charge >= 0.3 is 0 Å². The summed E-state index contributed by atoms with van der Waals surface area (Å²) in [7, 11) is 1.71. The van der Waals surface area contributed by atoms with E-state index in [0.29, 0.717) is 12.0 Å². The van der Waals surface area contributed by atoms with Crippen LogP contribution in [0.5, 0.6) is 5.75 Å². The third kappa shape index (κ3) is 5.59. The van der Waals surface area contributed by atoms with Crippen molar-refractivity contribution >= 4 is 5.96 Å². The minimum atomic E-state index is 0.499. The number of rotatable bonds is 8. The normalized spacial score (nSPS) is 25.9. The molecule has 0 aromatic heterocycles. The molecule has 3 fully saturated rings. The van der Waals surface area contributed by atoms with Gasteiger partial charge in [0.1, 0.15) is 5.75 Å². The maximum absolute atomic E-state index is 5.24. The first kappa shape index (κ1) is 20.0. The topological polar surface area (TPSA) is 52.1 Å². The summed E-state index contributed by atoms with van der Waals surface area (Å²) >= 11 is 0. The lowest BCUT2D eigenvalue weighted by Crippen LogP contribution is -2.62. The van der Waals surface area contributed by atoms with Crippen LogP contribution in [0, 0.1) is 0 Å². The summed E-state index contributed by atoms with van der Waals surface area (Å²) in [6.45, 7) is 13.1. The lowest BCUT2D eigenvalue weighted by Gasteiger charge is -2.47. The van der Waals surface area contributed by atoms with Crippen molar-refractivity contribution in [1.29, 1.82) is 0 Å².